The van der Waals surface area contributed by atoms with Crippen molar-refractivity contribution in [2.75, 3.05) is 40.0 Å². The Morgan fingerprint density at radius 1 is 1.24 bits per heavy atom. The molecule has 0 saturated heterocycles. The Hall–Kier alpha value is -0.330. The van der Waals surface area contributed by atoms with Crippen LogP contribution >= 0.6 is 0 Å². The van der Waals surface area contributed by atoms with Crippen LogP contribution in [-0.2, 0) is 9.47 Å². The zero-order valence-electron chi connectivity index (χ0n) is 12.7. The average Bonchev–Trinajstić information content (AvgIpc) is 3.00. The summed E-state index contributed by atoms with van der Waals surface area (Å²) >= 11 is 0. The van der Waals surface area contributed by atoms with E-state index in [2.05, 4.69) is 5.32 Å². The van der Waals surface area contributed by atoms with E-state index in [0.717, 1.165) is 31.8 Å². The quantitative estimate of drug-likeness (QED) is 0.664. The van der Waals surface area contributed by atoms with Gasteiger partial charge in [0.1, 0.15) is 6.61 Å². The number of methoxy groups -OCH3 is 1. The predicted molar refractivity (Wildman–Crippen MR) is 74.1 cm³/mol. The van der Waals surface area contributed by atoms with E-state index in [1.54, 1.807) is 7.11 Å². The molecule has 2 bridgehead atoms. The first kappa shape index (κ1) is 17.0. The molecule has 0 aromatic heterocycles. The molecule has 3 unspecified atom stereocenters. The molecule has 0 spiro atoms. The molecule has 2 saturated carbocycles. The van der Waals surface area contributed by atoms with E-state index in [0.29, 0.717) is 12.5 Å². The third-order valence-electron chi connectivity index (χ3n) is 5.07. The Bertz CT molecular complexity index is 325. The molecule has 124 valence electrons. The van der Waals surface area contributed by atoms with Crippen LogP contribution in [0.2, 0.25) is 0 Å². The highest BCUT2D eigenvalue weighted by Gasteiger charge is 2.50. The summed E-state index contributed by atoms with van der Waals surface area (Å²) in [5.74, 6) is 1.41. The standard InChI is InChI=1S/C15H26F3NO2/c1-20-7-5-19-10-14(4-6-21-11-15(16,17)18)9-12-2-3-13(14)8-12/h12-13,19H,2-11H2,1H3. The van der Waals surface area contributed by atoms with Crippen molar-refractivity contribution in [1.82, 2.24) is 5.32 Å². The summed E-state index contributed by atoms with van der Waals surface area (Å²) in [6.07, 6.45) is 1.38. The van der Waals surface area contributed by atoms with Crippen LogP contribution in [-0.4, -0.2) is 46.2 Å². The molecule has 0 radical (unpaired) electrons. The summed E-state index contributed by atoms with van der Waals surface area (Å²) in [5.41, 5.74) is 0.127. The lowest BCUT2D eigenvalue weighted by atomic mass is 9.71. The Morgan fingerprint density at radius 2 is 2.05 bits per heavy atom. The van der Waals surface area contributed by atoms with Crippen LogP contribution in [0.25, 0.3) is 0 Å². The molecule has 21 heavy (non-hydrogen) atoms. The zero-order chi connectivity index (χ0) is 15.3. The fraction of sp³-hybridized carbons (Fsp3) is 1.00. The molecule has 3 atom stereocenters. The normalized spacial score (nSPS) is 32.0. The highest BCUT2D eigenvalue weighted by molar-refractivity contribution is 5.01. The molecule has 0 aliphatic heterocycles. The summed E-state index contributed by atoms with van der Waals surface area (Å²) in [4.78, 5) is 0. The van der Waals surface area contributed by atoms with Crippen molar-refractivity contribution in [1.29, 1.82) is 0 Å². The first-order chi connectivity index (χ1) is 9.95. The molecule has 0 aromatic rings. The molecule has 2 aliphatic rings. The Balaban J connectivity index is 1.79. The maximum Gasteiger partial charge on any atom is 0.411 e. The van der Waals surface area contributed by atoms with Crippen molar-refractivity contribution < 1.29 is 22.6 Å². The number of alkyl halides is 3. The highest BCUT2D eigenvalue weighted by Crippen LogP contribution is 2.57. The summed E-state index contributed by atoms with van der Waals surface area (Å²) in [6.45, 7) is 1.39. The maximum atomic E-state index is 12.1. The van der Waals surface area contributed by atoms with Gasteiger partial charge >= 0.3 is 6.18 Å². The van der Waals surface area contributed by atoms with Crippen molar-refractivity contribution in [3.63, 3.8) is 0 Å². The van der Waals surface area contributed by atoms with E-state index in [1.807, 2.05) is 0 Å². The summed E-state index contributed by atoms with van der Waals surface area (Å²) in [6, 6.07) is 0. The molecule has 0 amide bonds. The first-order valence-corrected chi connectivity index (χ1v) is 7.79. The number of ether oxygens (including phenoxy) is 2. The molecule has 2 fully saturated rings. The SMILES string of the molecule is COCCNCC1(CCOCC(F)(F)F)CC2CCC1C2. The third-order valence-corrected chi connectivity index (χ3v) is 5.07. The van der Waals surface area contributed by atoms with E-state index in [9.17, 15) is 13.2 Å². The fourth-order valence-corrected chi connectivity index (χ4v) is 4.14. The Kier molecular flexibility index (Phi) is 5.91. The van der Waals surface area contributed by atoms with Crippen LogP contribution in [0.15, 0.2) is 0 Å². The molecule has 0 aromatic carbocycles. The van der Waals surface area contributed by atoms with E-state index in [1.165, 1.54) is 19.3 Å². The van der Waals surface area contributed by atoms with Gasteiger partial charge in [0.2, 0.25) is 0 Å². The van der Waals surface area contributed by atoms with Crippen LogP contribution < -0.4 is 5.32 Å². The van der Waals surface area contributed by atoms with Crippen molar-refractivity contribution in [2.45, 2.75) is 38.3 Å². The van der Waals surface area contributed by atoms with Gasteiger partial charge in [-0.15, -0.1) is 0 Å². The van der Waals surface area contributed by atoms with Gasteiger partial charge in [-0.2, -0.15) is 13.2 Å². The molecule has 2 rings (SSSR count). The van der Waals surface area contributed by atoms with Gasteiger partial charge < -0.3 is 14.8 Å². The minimum Gasteiger partial charge on any atom is -0.383 e. The van der Waals surface area contributed by atoms with Gasteiger partial charge in [-0.1, -0.05) is 6.42 Å². The fourth-order valence-electron chi connectivity index (χ4n) is 4.14. The van der Waals surface area contributed by atoms with Gasteiger partial charge in [-0.05, 0) is 42.9 Å². The largest absolute Gasteiger partial charge is 0.411 e. The smallest absolute Gasteiger partial charge is 0.383 e. The molecular formula is C15H26F3NO2. The number of rotatable bonds is 9. The number of fused-ring (bicyclic) bond motifs is 2. The van der Waals surface area contributed by atoms with Crippen LogP contribution in [0.4, 0.5) is 13.2 Å². The summed E-state index contributed by atoms with van der Waals surface area (Å²) in [5, 5.41) is 3.41. The zero-order valence-corrected chi connectivity index (χ0v) is 12.7. The van der Waals surface area contributed by atoms with E-state index >= 15 is 0 Å². The number of halogens is 3. The monoisotopic (exact) mass is 309 g/mol. The second-order valence-corrected chi connectivity index (χ2v) is 6.53. The average molecular weight is 309 g/mol. The van der Waals surface area contributed by atoms with Gasteiger partial charge in [0.15, 0.2) is 0 Å². The second kappa shape index (κ2) is 7.29. The minimum atomic E-state index is -4.22. The molecular weight excluding hydrogens is 283 g/mol. The number of hydrogen-bond donors (Lipinski definition) is 1. The number of nitrogens with one attached hydrogen (secondary N) is 1. The van der Waals surface area contributed by atoms with Gasteiger partial charge in [-0.25, -0.2) is 0 Å². The summed E-state index contributed by atoms with van der Waals surface area (Å²) in [7, 11) is 1.67. The van der Waals surface area contributed by atoms with Gasteiger partial charge in [0.25, 0.3) is 0 Å². The molecule has 3 nitrogen and oxygen atoms in total. The summed E-state index contributed by atoms with van der Waals surface area (Å²) < 4.78 is 46.3. The van der Waals surface area contributed by atoms with Crippen molar-refractivity contribution >= 4 is 0 Å². The van der Waals surface area contributed by atoms with Crippen LogP contribution in [0.3, 0.4) is 0 Å². The predicted octanol–water partition coefficient (Wildman–Crippen LogP) is 3.00. The van der Waals surface area contributed by atoms with Crippen molar-refractivity contribution in [2.24, 2.45) is 17.3 Å². The highest BCUT2D eigenvalue weighted by atomic mass is 19.4. The van der Waals surface area contributed by atoms with Crippen LogP contribution in [0.1, 0.15) is 32.1 Å². The maximum absolute atomic E-state index is 12.1. The lowest BCUT2D eigenvalue weighted by molar-refractivity contribution is -0.175. The van der Waals surface area contributed by atoms with Crippen LogP contribution in [0.5, 0.6) is 0 Å². The Morgan fingerprint density at radius 3 is 2.62 bits per heavy atom. The van der Waals surface area contributed by atoms with Crippen molar-refractivity contribution in [3.8, 4) is 0 Å². The van der Waals surface area contributed by atoms with E-state index in [4.69, 9.17) is 9.47 Å². The van der Waals surface area contributed by atoms with Crippen LogP contribution in [0, 0.1) is 17.3 Å². The van der Waals surface area contributed by atoms with Gasteiger partial charge in [0.05, 0.1) is 6.61 Å². The lowest BCUT2D eigenvalue weighted by Gasteiger charge is -2.38. The molecule has 2 aliphatic carbocycles. The first-order valence-electron chi connectivity index (χ1n) is 7.79. The van der Waals surface area contributed by atoms with E-state index < -0.39 is 12.8 Å². The minimum absolute atomic E-state index is 0.127. The lowest BCUT2D eigenvalue weighted by Crippen LogP contribution is -2.40. The number of hydrogen-bond acceptors (Lipinski definition) is 3. The topological polar surface area (TPSA) is 30.5 Å². The van der Waals surface area contributed by atoms with Crippen molar-refractivity contribution in [3.05, 3.63) is 0 Å². The third kappa shape index (κ3) is 4.83. The molecule has 0 heterocycles. The molecule has 6 heteroatoms. The second-order valence-electron chi connectivity index (χ2n) is 6.53. The Labute approximate surface area is 124 Å². The van der Waals surface area contributed by atoms with E-state index in [-0.39, 0.29) is 12.0 Å². The van der Waals surface area contributed by atoms with Gasteiger partial charge in [0, 0.05) is 26.8 Å². The van der Waals surface area contributed by atoms with Gasteiger partial charge in [-0.3, -0.25) is 0 Å². The molecule has 1 N–H and O–H groups in total.